The van der Waals surface area contributed by atoms with Crippen molar-refractivity contribution in [3.63, 3.8) is 0 Å². The van der Waals surface area contributed by atoms with Gasteiger partial charge in [-0.15, -0.1) is 0 Å². The number of fused-ring (bicyclic) bond motifs is 1. The van der Waals surface area contributed by atoms with Gasteiger partial charge in [-0.05, 0) is 18.2 Å². The van der Waals surface area contributed by atoms with E-state index in [0.717, 1.165) is 5.82 Å². The quantitative estimate of drug-likeness (QED) is 0.519. The summed E-state index contributed by atoms with van der Waals surface area (Å²) in [4.78, 5) is 25.9. The lowest BCUT2D eigenvalue weighted by atomic mass is 10.2. The van der Waals surface area contributed by atoms with E-state index in [1.807, 2.05) is 0 Å². The molecule has 3 aromatic rings. The highest BCUT2D eigenvalue weighted by molar-refractivity contribution is 5.81. The molecule has 2 heterocycles. The van der Waals surface area contributed by atoms with E-state index < -0.39 is 0 Å². The van der Waals surface area contributed by atoms with Crippen molar-refractivity contribution in [2.24, 2.45) is 0 Å². The Morgan fingerprint density at radius 1 is 1.37 bits per heavy atom. The fourth-order valence-corrected chi connectivity index (χ4v) is 1.80. The molecule has 0 fully saturated rings. The molecule has 0 bridgehead atoms. The van der Waals surface area contributed by atoms with Gasteiger partial charge in [0.1, 0.15) is 5.82 Å². The van der Waals surface area contributed by atoms with Crippen LogP contribution in [0.3, 0.4) is 0 Å². The highest BCUT2D eigenvalue weighted by Crippen LogP contribution is 2.12. The molecule has 0 spiro atoms. The van der Waals surface area contributed by atoms with Gasteiger partial charge in [-0.3, -0.25) is 9.78 Å². The Hall–Kier alpha value is -2.83. The second-order valence-electron chi connectivity index (χ2n) is 4.08. The Balaban J connectivity index is 1.93. The van der Waals surface area contributed by atoms with Crippen molar-refractivity contribution in [3.8, 4) is 0 Å². The van der Waals surface area contributed by atoms with Gasteiger partial charge in [0.05, 0.1) is 17.4 Å². The summed E-state index contributed by atoms with van der Waals surface area (Å²) in [7, 11) is 0. The first-order valence-corrected chi connectivity index (χ1v) is 5.74. The van der Waals surface area contributed by atoms with Gasteiger partial charge >= 0.3 is 0 Å². The molecular formula is C12H12N6O. The number of imidazole rings is 1. The van der Waals surface area contributed by atoms with Crippen molar-refractivity contribution < 1.29 is 0 Å². The average Bonchev–Trinajstić information content (AvgIpc) is 2.90. The highest BCUT2D eigenvalue weighted by atomic mass is 16.1. The number of anilines is 2. The number of nitrogens with zero attached hydrogens (tertiary/aromatic N) is 2. The monoisotopic (exact) mass is 256 g/mol. The molecule has 7 heteroatoms. The van der Waals surface area contributed by atoms with Crippen molar-refractivity contribution >= 4 is 22.5 Å². The largest absolute Gasteiger partial charge is 0.399 e. The maximum Gasteiger partial charge on any atom is 0.260 e. The Morgan fingerprint density at radius 3 is 3.05 bits per heavy atom. The van der Waals surface area contributed by atoms with E-state index >= 15 is 0 Å². The van der Waals surface area contributed by atoms with E-state index in [9.17, 15) is 4.79 Å². The minimum absolute atomic E-state index is 0.223. The SMILES string of the molecule is Nc1ccc2nc(NCc3ncc[nH]3)[nH]c(=O)c2c1. The number of nitrogens with two attached hydrogens (primary N) is 1. The van der Waals surface area contributed by atoms with Crippen LogP contribution >= 0.6 is 0 Å². The molecule has 2 aromatic heterocycles. The summed E-state index contributed by atoms with van der Waals surface area (Å²) in [6.45, 7) is 0.455. The summed E-state index contributed by atoms with van der Waals surface area (Å²) >= 11 is 0. The van der Waals surface area contributed by atoms with Crippen LogP contribution in [0.25, 0.3) is 10.9 Å². The van der Waals surface area contributed by atoms with Crippen LogP contribution in [0.15, 0.2) is 35.4 Å². The molecule has 0 aliphatic carbocycles. The van der Waals surface area contributed by atoms with Gasteiger partial charge < -0.3 is 16.0 Å². The number of aromatic amines is 2. The summed E-state index contributed by atoms with van der Waals surface area (Å²) in [5.74, 6) is 1.17. The standard InChI is InChI=1S/C12H12N6O/c13-7-1-2-9-8(5-7)11(19)18-12(17-9)16-6-10-14-3-4-15-10/h1-5H,6,13H2,(H,14,15)(H2,16,17,18,19). The van der Waals surface area contributed by atoms with Gasteiger partial charge in [-0.2, -0.15) is 0 Å². The molecular weight excluding hydrogens is 244 g/mol. The fourth-order valence-electron chi connectivity index (χ4n) is 1.80. The molecule has 7 nitrogen and oxygen atoms in total. The number of nitrogen functional groups attached to an aromatic ring is 1. The van der Waals surface area contributed by atoms with Crippen molar-refractivity contribution in [2.45, 2.75) is 6.54 Å². The van der Waals surface area contributed by atoms with Crippen molar-refractivity contribution in [3.05, 3.63) is 46.8 Å². The molecule has 0 saturated heterocycles. The van der Waals surface area contributed by atoms with E-state index in [2.05, 4.69) is 25.3 Å². The molecule has 0 unspecified atom stereocenters. The first-order chi connectivity index (χ1) is 9.22. The van der Waals surface area contributed by atoms with Crippen molar-refractivity contribution in [2.75, 3.05) is 11.1 Å². The third-order valence-corrected chi connectivity index (χ3v) is 2.71. The van der Waals surface area contributed by atoms with Crippen molar-refractivity contribution in [1.82, 2.24) is 19.9 Å². The van der Waals surface area contributed by atoms with Crippen LogP contribution in [0.2, 0.25) is 0 Å². The van der Waals surface area contributed by atoms with Crippen LogP contribution in [0.5, 0.6) is 0 Å². The lowest BCUT2D eigenvalue weighted by Gasteiger charge is -2.05. The van der Waals surface area contributed by atoms with Crippen LogP contribution < -0.4 is 16.6 Å². The maximum atomic E-state index is 11.9. The van der Waals surface area contributed by atoms with E-state index in [0.29, 0.717) is 29.1 Å². The average molecular weight is 256 g/mol. The molecule has 1 aromatic carbocycles. The molecule has 0 radical (unpaired) electrons. The smallest absolute Gasteiger partial charge is 0.260 e. The number of nitrogens with one attached hydrogen (secondary N) is 3. The van der Waals surface area contributed by atoms with Crippen LogP contribution in [-0.4, -0.2) is 19.9 Å². The Labute approximate surface area is 107 Å². The Bertz CT molecular complexity index is 761. The Morgan fingerprint density at radius 2 is 2.26 bits per heavy atom. The fraction of sp³-hybridized carbons (Fsp3) is 0.0833. The third-order valence-electron chi connectivity index (χ3n) is 2.71. The van der Waals surface area contributed by atoms with Gasteiger partial charge in [0.15, 0.2) is 0 Å². The zero-order valence-electron chi connectivity index (χ0n) is 9.97. The van der Waals surface area contributed by atoms with Crippen LogP contribution in [-0.2, 0) is 6.54 Å². The second kappa shape index (κ2) is 4.45. The molecule has 19 heavy (non-hydrogen) atoms. The number of aromatic nitrogens is 4. The highest BCUT2D eigenvalue weighted by Gasteiger charge is 2.04. The first-order valence-electron chi connectivity index (χ1n) is 5.74. The number of hydrogen-bond acceptors (Lipinski definition) is 5. The van der Waals surface area contributed by atoms with Gasteiger partial charge in [0, 0.05) is 18.1 Å². The molecule has 0 saturated carbocycles. The van der Waals surface area contributed by atoms with Gasteiger partial charge in [0.25, 0.3) is 5.56 Å². The van der Waals surface area contributed by atoms with E-state index in [1.165, 1.54) is 0 Å². The molecule has 0 aliphatic heterocycles. The zero-order valence-corrected chi connectivity index (χ0v) is 9.97. The molecule has 0 amide bonds. The number of H-pyrrole nitrogens is 2. The predicted octanol–water partition coefficient (Wildman–Crippen LogP) is 0.840. The second-order valence-corrected chi connectivity index (χ2v) is 4.08. The summed E-state index contributed by atoms with van der Waals surface area (Å²) in [5.41, 5.74) is 6.56. The minimum atomic E-state index is -0.223. The topological polar surface area (TPSA) is 112 Å². The molecule has 5 N–H and O–H groups in total. The van der Waals surface area contributed by atoms with E-state index in [4.69, 9.17) is 5.73 Å². The number of rotatable bonds is 3. The van der Waals surface area contributed by atoms with Crippen molar-refractivity contribution in [1.29, 1.82) is 0 Å². The Kier molecular flexibility index (Phi) is 2.64. The lowest BCUT2D eigenvalue weighted by Crippen LogP contribution is -2.13. The number of hydrogen-bond donors (Lipinski definition) is 4. The molecule has 96 valence electrons. The first kappa shape index (κ1) is 11.3. The molecule has 3 rings (SSSR count). The third kappa shape index (κ3) is 2.25. The van der Waals surface area contributed by atoms with Crippen LogP contribution in [0.4, 0.5) is 11.6 Å². The molecule has 0 atom stereocenters. The van der Waals surface area contributed by atoms with Gasteiger partial charge in [0.2, 0.25) is 5.95 Å². The van der Waals surface area contributed by atoms with Crippen LogP contribution in [0, 0.1) is 0 Å². The summed E-state index contributed by atoms with van der Waals surface area (Å²) in [6, 6.07) is 5.04. The summed E-state index contributed by atoms with van der Waals surface area (Å²) in [5, 5.41) is 3.48. The lowest BCUT2D eigenvalue weighted by molar-refractivity contribution is 0.969. The summed E-state index contributed by atoms with van der Waals surface area (Å²) in [6.07, 6.45) is 3.40. The number of benzene rings is 1. The van der Waals surface area contributed by atoms with Gasteiger partial charge in [-0.25, -0.2) is 9.97 Å². The minimum Gasteiger partial charge on any atom is -0.399 e. The normalized spacial score (nSPS) is 10.7. The van der Waals surface area contributed by atoms with E-state index in [-0.39, 0.29) is 5.56 Å². The zero-order chi connectivity index (χ0) is 13.2. The van der Waals surface area contributed by atoms with E-state index in [1.54, 1.807) is 30.6 Å². The van der Waals surface area contributed by atoms with Crippen LogP contribution in [0.1, 0.15) is 5.82 Å². The summed E-state index contributed by atoms with van der Waals surface area (Å²) < 4.78 is 0. The van der Waals surface area contributed by atoms with Gasteiger partial charge in [-0.1, -0.05) is 0 Å². The molecule has 0 aliphatic rings. The predicted molar refractivity (Wildman–Crippen MR) is 72.7 cm³/mol. The maximum absolute atomic E-state index is 11.9.